The highest BCUT2D eigenvalue weighted by molar-refractivity contribution is 5.97. The number of ether oxygens (including phenoxy) is 1. The summed E-state index contributed by atoms with van der Waals surface area (Å²) in [6, 6.07) is 1.43. The Labute approximate surface area is 121 Å². The molecule has 1 aromatic carbocycles. The lowest BCUT2D eigenvalue weighted by Crippen LogP contribution is -2.39. The Bertz CT molecular complexity index is 557. The number of carbonyl (C=O) groups is 2. The minimum atomic E-state index is -1.06. The van der Waals surface area contributed by atoms with E-state index in [1.165, 1.54) is 0 Å². The zero-order chi connectivity index (χ0) is 16.2. The lowest BCUT2D eigenvalue weighted by Gasteiger charge is -2.25. The molecule has 0 aliphatic rings. The van der Waals surface area contributed by atoms with Gasteiger partial charge in [0.15, 0.2) is 0 Å². The highest BCUT2D eigenvalue weighted by Gasteiger charge is 2.30. The number of hydrogen-bond donors (Lipinski definition) is 2. The van der Waals surface area contributed by atoms with Crippen molar-refractivity contribution < 1.29 is 23.1 Å². The van der Waals surface area contributed by atoms with Gasteiger partial charge in [-0.15, -0.1) is 0 Å². The summed E-state index contributed by atoms with van der Waals surface area (Å²) in [5.41, 5.74) is 3.91. The summed E-state index contributed by atoms with van der Waals surface area (Å²) in [4.78, 5) is 23.5. The van der Waals surface area contributed by atoms with Gasteiger partial charge in [-0.3, -0.25) is 4.79 Å². The van der Waals surface area contributed by atoms with Crippen LogP contribution in [0.25, 0.3) is 0 Å². The number of halogens is 2. The molecule has 1 unspecified atom stereocenters. The van der Waals surface area contributed by atoms with Gasteiger partial charge in [0.2, 0.25) is 5.91 Å². The fraction of sp³-hybridized carbons (Fsp3) is 0.429. The number of hydrogen-bond acceptors (Lipinski definition) is 4. The molecule has 1 atom stereocenters. The summed E-state index contributed by atoms with van der Waals surface area (Å²) in [5.74, 6) is -3.51. The maximum Gasteiger partial charge on any atom is 0.340 e. The van der Waals surface area contributed by atoms with Crippen LogP contribution in [0, 0.1) is 17.0 Å². The Morgan fingerprint density at radius 1 is 1.33 bits per heavy atom. The van der Waals surface area contributed by atoms with Crippen LogP contribution in [-0.4, -0.2) is 25.5 Å². The van der Waals surface area contributed by atoms with Gasteiger partial charge in [-0.05, 0) is 19.4 Å². The van der Waals surface area contributed by atoms with Crippen molar-refractivity contribution in [3.05, 3.63) is 29.3 Å². The maximum absolute atomic E-state index is 13.7. The summed E-state index contributed by atoms with van der Waals surface area (Å²) >= 11 is 0. The third-order valence-corrected chi connectivity index (χ3v) is 3.49. The van der Waals surface area contributed by atoms with Crippen LogP contribution >= 0.6 is 0 Å². The molecule has 1 aromatic rings. The molecule has 0 aliphatic heterocycles. The molecule has 3 N–H and O–H groups in total. The molecule has 0 aliphatic carbocycles. The zero-order valence-corrected chi connectivity index (χ0v) is 12.1. The number of rotatable bonds is 5. The predicted octanol–water partition coefficient (Wildman–Crippen LogP) is 2.06. The third kappa shape index (κ3) is 3.55. The molecule has 0 saturated carbocycles. The molecule has 1 amide bonds. The fourth-order valence-electron chi connectivity index (χ4n) is 1.58. The van der Waals surface area contributed by atoms with E-state index in [9.17, 15) is 18.4 Å². The first-order valence-corrected chi connectivity index (χ1v) is 6.38. The summed E-state index contributed by atoms with van der Waals surface area (Å²) in [7, 11) is 1.08. The van der Waals surface area contributed by atoms with Gasteiger partial charge in [-0.1, -0.05) is 6.92 Å². The Morgan fingerprint density at radius 3 is 2.43 bits per heavy atom. The Kier molecular flexibility index (Phi) is 5.37. The van der Waals surface area contributed by atoms with E-state index in [2.05, 4.69) is 10.1 Å². The van der Waals surface area contributed by atoms with E-state index in [-0.39, 0.29) is 12.2 Å². The molecule has 0 radical (unpaired) electrons. The molecule has 0 heterocycles. The largest absolute Gasteiger partial charge is 0.465 e. The van der Waals surface area contributed by atoms with Crippen molar-refractivity contribution in [3.63, 3.8) is 0 Å². The Morgan fingerprint density at radius 2 is 1.95 bits per heavy atom. The average Bonchev–Trinajstić information content (AvgIpc) is 2.48. The van der Waals surface area contributed by atoms with E-state index in [0.29, 0.717) is 12.5 Å². The Hall–Kier alpha value is -2.02. The quantitative estimate of drug-likeness (QED) is 0.816. The third-order valence-electron chi connectivity index (χ3n) is 3.49. The number of carbonyl (C=O) groups excluding carboxylic acids is 2. The second-order valence-corrected chi connectivity index (χ2v) is 4.88. The van der Waals surface area contributed by atoms with Crippen molar-refractivity contribution in [1.82, 2.24) is 0 Å². The lowest BCUT2D eigenvalue weighted by atomic mass is 9.86. The van der Waals surface area contributed by atoms with Gasteiger partial charge < -0.3 is 15.8 Å². The summed E-state index contributed by atoms with van der Waals surface area (Å²) in [5, 5.41) is 2.33. The van der Waals surface area contributed by atoms with Crippen molar-refractivity contribution in [2.24, 2.45) is 11.1 Å². The number of amides is 1. The fourth-order valence-corrected chi connectivity index (χ4v) is 1.58. The lowest BCUT2D eigenvalue weighted by molar-refractivity contribution is -0.124. The number of nitrogens with one attached hydrogen (secondary N) is 1. The predicted molar refractivity (Wildman–Crippen MR) is 73.8 cm³/mol. The zero-order valence-electron chi connectivity index (χ0n) is 12.1. The van der Waals surface area contributed by atoms with E-state index in [1.807, 2.05) is 0 Å². The molecule has 5 nitrogen and oxygen atoms in total. The van der Waals surface area contributed by atoms with E-state index in [1.54, 1.807) is 13.8 Å². The molecule has 0 aromatic heterocycles. The average molecular weight is 300 g/mol. The molecule has 0 bridgehead atoms. The van der Waals surface area contributed by atoms with Crippen molar-refractivity contribution in [2.45, 2.75) is 20.3 Å². The van der Waals surface area contributed by atoms with Crippen LogP contribution in [0.1, 0.15) is 30.6 Å². The van der Waals surface area contributed by atoms with Gasteiger partial charge in [0.25, 0.3) is 0 Å². The molecule has 0 saturated heterocycles. The molecule has 7 heteroatoms. The normalized spacial score (nSPS) is 13.4. The number of methoxy groups -OCH3 is 1. The van der Waals surface area contributed by atoms with Crippen molar-refractivity contribution >= 4 is 17.6 Å². The van der Waals surface area contributed by atoms with Crippen molar-refractivity contribution in [2.75, 3.05) is 19.0 Å². The molecule has 21 heavy (non-hydrogen) atoms. The van der Waals surface area contributed by atoms with Crippen LogP contribution in [0.2, 0.25) is 0 Å². The van der Waals surface area contributed by atoms with Crippen LogP contribution in [0.4, 0.5) is 14.5 Å². The first-order valence-electron chi connectivity index (χ1n) is 6.38. The highest BCUT2D eigenvalue weighted by Crippen LogP contribution is 2.25. The summed E-state index contributed by atoms with van der Waals surface area (Å²) in [6.07, 6.45) is 0.446. The molecule has 0 fully saturated rings. The topological polar surface area (TPSA) is 81.4 Å². The van der Waals surface area contributed by atoms with E-state index in [0.717, 1.165) is 13.2 Å². The maximum atomic E-state index is 13.7. The van der Waals surface area contributed by atoms with Crippen LogP contribution in [0.3, 0.4) is 0 Å². The number of anilines is 1. The summed E-state index contributed by atoms with van der Waals surface area (Å²) in [6.45, 7) is 3.47. The minimum absolute atomic E-state index is 0.0714. The molecule has 116 valence electrons. The minimum Gasteiger partial charge on any atom is -0.465 e. The van der Waals surface area contributed by atoms with E-state index in [4.69, 9.17) is 5.73 Å². The van der Waals surface area contributed by atoms with Crippen LogP contribution in [-0.2, 0) is 9.53 Å². The van der Waals surface area contributed by atoms with Crippen LogP contribution < -0.4 is 11.1 Å². The number of esters is 1. The Balaban J connectivity index is 3.14. The van der Waals surface area contributed by atoms with Crippen LogP contribution in [0.5, 0.6) is 0 Å². The van der Waals surface area contributed by atoms with Crippen molar-refractivity contribution in [3.8, 4) is 0 Å². The highest BCUT2D eigenvalue weighted by atomic mass is 19.1. The van der Waals surface area contributed by atoms with E-state index < -0.39 is 34.5 Å². The van der Waals surface area contributed by atoms with Gasteiger partial charge in [0, 0.05) is 12.6 Å². The van der Waals surface area contributed by atoms with Gasteiger partial charge in [-0.2, -0.15) is 0 Å². The number of benzene rings is 1. The number of nitrogens with two attached hydrogens (primary N) is 1. The monoisotopic (exact) mass is 300 g/mol. The van der Waals surface area contributed by atoms with Crippen LogP contribution in [0.15, 0.2) is 12.1 Å². The first kappa shape index (κ1) is 17.0. The second kappa shape index (κ2) is 6.62. The van der Waals surface area contributed by atoms with Crippen molar-refractivity contribution in [1.29, 1.82) is 0 Å². The molecular weight excluding hydrogens is 282 g/mol. The van der Waals surface area contributed by atoms with Gasteiger partial charge in [-0.25, -0.2) is 13.6 Å². The molecule has 1 rings (SSSR count). The molecular formula is C14H18F2N2O3. The van der Waals surface area contributed by atoms with E-state index >= 15 is 0 Å². The SMILES string of the molecule is CCC(C)(CN)C(=O)Nc1cc(C(=O)OC)c(F)cc1F. The molecule has 0 spiro atoms. The van der Waals surface area contributed by atoms with Gasteiger partial charge >= 0.3 is 5.97 Å². The standard InChI is InChI=1S/C14H18F2N2O3/c1-4-14(2,7-17)13(20)18-11-5-8(12(19)21-3)9(15)6-10(11)16/h5-6H,4,7,17H2,1-3H3,(H,18,20). The smallest absolute Gasteiger partial charge is 0.340 e. The van der Waals surface area contributed by atoms with Gasteiger partial charge in [0.1, 0.15) is 11.6 Å². The van der Waals surface area contributed by atoms with Gasteiger partial charge in [0.05, 0.1) is 23.8 Å². The first-order chi connectivity index (χ1) is 9.78. The summed E-state index contributed by atoms with van der Waals surface area (Å²) < 4.78 is 31.6. The second-order valence-electron chi connectivity index (χ2n) is 4.88.